The summed E-state index contributed by atoms with van der Waals surface area (Å²) in [5.74, 6) is -1.09. The number of esters is 2. The van der Waals surface area contributed by atoms with E-state index in [4.69, 9.17) is 15.2 Å². The summed E-state index contributed by atoms with van der Waals surface area (Å²) in [5.41, 5.74) is 6.29. The zero-order valence-corrected chi connectivity index (χ0v) is 13.0. The van der Waals surface area contributed by atoms with Gasteiger partial charge in [0.2, 0.25) is 0 Å². The maximum absolute atomic E-state index is 11.9. The van der Waals surface area contributed by atoms with E-state index in [1.165, 1.54) is 14.2 Å². The van der Waals surface area contributed by atoms with Crippen LogP contribution in [-0.4, -0.2) is 39.2 Å². The predicted molar refractivity (Wildman–Crippen MR) is 79.6 cm³/mol. The lowest BCUT2D eigenvalue weighted by molar-refractivity contribution is 0.0602. The van der Waals surface area contributed by atoms with Gasteiger partial charge >= 0.3 is 11.9 Å². The van der Waals surface area contributed by atoms with Crippen molar-refractivity contribution in [2.45, 2.75) is 20.3 Å². The minimum Gasteiger partial charge on any atom is -0.465 e. The van der Waals surface area contributed by atoms with Crippen LogP contribution in [0.4, 0.5) is 10.7 Å². The van der Waals surface area contributed by atoms with Crippen LogP contribution in [0, 0.1) is 0 Å². The quantitative estimate of drug-likeness (QED) is 0.811. The number of anilines is 2. The molecule has 1 aromatic heterocycles. The van der Waals surface area contributed by atoms with Gasteiger partial charge in [0.25, 0.3) is 0 Å². The monoisotopic (exact) mass is 300 g/mol. The zero-order chi connectivity index (χ0) is 15.3. The van der Waals surface area contributed by atoms with E-state index in [0.717, 1.165) is 24.3 Å². The highest BCUT2D eigenvalue weighted by Crippen LogP contribution is 2.39. The lowest BCUT2D eigenvalue weighted by Gasteiger charge is -2.21. The SMILES string of the molecule is CCCN(CC)c1sc(C(=O)OC)c(N)c1C(=O)OC. The Morgan fingerprint density at radius 3 is 2.25 bits per heavy atom. The van der Waals surface area contributed by atoms with Gasteiger partial charge in [0, 0.05) is 13.1 Å². The third-order valence-electron chi connectivity index (χ3n) is 2.85. The number of carbonyl (C=O) groups excluding carboxylic acids is 2. The molecule has 0 spiro atoms. The maximum atomic E-state index is 11.9. The van der Waals surface area contributed by atoms with E-state index in [1.54, 1.807) is 0 Å². The summed E-state index contributed by atoms with van der Waals surface area (Å²) in [5, 5.41) is 0.652. The van der Waals surface area contributed by atoms with Crippen LogP contribution in [0.1, 0.15) is 40.3 Å². The van der Waals surface area contributed by atoms with Gasteiger partial charge in [-0.25, -0.2) is 9.59 Å². The van der Waals surface area contributed by atoms with Crippen LogP contribution in [-0.2, 0) is 9.47 Å². The Labute approximate surface area is 122 Å². The summed E-state index contributed by atoms with van der Waals surface area (Å²) in [6, 6.07) is 0. The Kier molecular flexibility index (Phi) is 5.82. The number of nitrogens with two attached hydrogens (primary N) is 1. The average molecular weight is 300 g/mol. The fourth-order valence-electron chi connectivity index (χ4n) is 1.87. The van der Waals surface area contributed by atoms with Crippen molar-refractivity contribution in [1.29, 1.82) is 0 Å². The molecule has 0 aliphatic carbocycles. The fraction of sp³-hybridized carbons (Fsp3) is 0.538. The average Bonchev–Trinajstić information content (AvgIpc) is 2.80. The summed E-state index contributed by atoms with van der Waals surface area (Å²) >= 11 is 1.16. The van der Waals surface area contributed by atoms with Crippen molar-refractivity contribution in [1.82, 2.24) is 0 Å². The van der Waals surface area contributed by atoms with E-state index in [1.807, 2.05) is 18.7 Å². The summed E-state index contributed by atoms with van der Waals surface area (Å²) in [6.07, 6.45) is 0.916. The molecule has 2 N–H and O–H groups in total. The molecular formula is C13H20N2O4S. The van der Waals surface area contributed by atoms with Crippen molar-refractivity contribution in [2.75, 3.05) is 37.9 Å². The number of nitrogen functional groups attached to an aromatic ring is 1. The number of ether oxygens (including phenoxy) is 2. The van der Waals surface area contributed by atoms with Crippen molar-refractivity contribution in [3.63, 3.8) is 0 Å². The van der Waals surface area contributed by atoms with E-state index < -0.39 is 11.9 Å². The molecule has 0 saturated carbocycles. The number of thiophene rings is 1. The summed E-state index contributed by atoms with van der Waals surface area (Å²) in [4.78, 5) is 25.9. The lowest BCUT2D eigenvalue weighted by Crippen LogP contribution is -2.24. The van der Waals surface area contributed by atoms with E-state index in [2.05, 4.69) is 0 Å². The normalized spacial score (nSPS) is 10.2. The van der Waals surface area contributed by atoms with Crippen LogP contribution in [0.2, 0.25) is 0 Å². The summed E-state index contributed by atoms with van der Waals surface area (Å²) in [7, 11) is 2.57. The molecule has 0 atom stereocenters. The molecule has 6 nitrogen and oxygen atoms in total. The predicted octanol–water partition coefficient (Wildman–Crippen LogP) is 2.14. The van der Waals surface area contributed by atoms with Gasteiger partial charge in [0.05, 0.1) is 19.9 Å². The first-order valence-corrected chi connectivity index (χ1v) is 7.17. The molecule has 1 rings (SSSR count). The highest BCUT2D eigenvalue weighted by atomic mass is 32.1. The molecule has 0 radical (unpaired) electrons. The maximum Gasteiger partial charge on any atom is 0.350 e. The van der Waals surface area contributed by atoms with Crippen LogP contribution in [0.15, 0.2) is 0 Å². The van der Waals surface area contributed by atoms with Crippen LogP contribution in [0.3, 0.4) is 0 Å². The standard InChI is InChI=1S/C13H20N2O4S/c1-5-7-15(6-2)11-8(12(16)18-3)9(14)10(20-11)13(17)19-4/h5-7,14H2,1-4H3. The molecule has 7 heteroatoms. The molecular weight excluding hydrogens is 280 g/mol. The van der Waals surface area contributed by atoms with Gasteiger partial charge in [0.15, 0.2) is 0 Å². The van der Waals surface area contributed by atoms with Crippen LogP contribution in [0.5, 0.6) is 0 Å². The Morgan fingerprint density at radius 2 is 1.80 bits per heavy atom. The topological polar surface area (TPSA) is 81.9 Å². The first-order valence-electron chi connectivity index (χ1n) is 6.35. The summed E-state index contributed by atoms with van der Waals surface area (Å²) < 4.78 is 9.46. The zero-order valence-electron chi connectivity index (χ0n) is 12.2. The first-order chi connectivity index (χ1) is 9.51. The highest BCUT2D eigenvalue weighted by Gasteiger charge is 2.28. The van der Waals surface area contributed by atoms with Gasteiger partial charge in [-0.15, -0.1) is 11.3 Å². The molecule has 0 aliphatic rings. The third-order valence-corrected chi connectivity index (χ3v) is 4.10. The van der Waals surface area contributed by atoms with Crippen LogP contribution < -0.4 is 10.6 Å². The molecule has 0 bridgehead atoms. The first kappa shape index (κ1) is 16.3. The molecule has 1 heterocycles. The van der Waals surface area contributed by atoms with Crippen molar-refractivity contribution < 1.29 is 19.1 Å². The second-order valence-corrected chi connectivity index (χ2v) is 5.09. The van der Waals surface area contributed by atoms with Crippen molar-refractivity contribution in [2.24, 2.45) is 0 Å². The number of hydrogen-bond donors (Lipinski definition) is 1. The molecule has 0 aliphatic heterocycles. The van der Waals surface area contributed by atoms with Gasteiger partial charge < -0.3 is 20.1 Å². The number of hydrogen-bond acceptors (Lipinski definition) is 7. The number of methoxy groups -OCH3 is 2. The van der Waals surface area contributed by atoms with Gasteiger partial charge in [-0.3, -0.25) is 0 Å². The Morgan fingerprint density at radius 1 is 1.20 bits per heavy atom. The minimum atomic E-state index is -0.545. The third kappa shape index (κ3) is 3.04. The Hall–Kier alpha value is -1.76. The number of carbonyl (C=O) groups is 2. The van der Waals surface area contributed by atoms with Crippen molar-refractivity contribution >= 4 is 34.0 Å². The highest BCUT2D eigenvalue weighted by molar-refractivity contribution is 7.19. The molecule has 1 aromatic rings. The lowest BCUT2D eigenvalue weighted by atomic mass is 10.2. The Bertz CT molecular complexity index is 499. The van der Waals surface area contributed by atoms with Gasteiger partial charge in [0.1, 0.15) is 15.4 Å². The van der Waals surface area contributed by atoms with E-state index in [0.29, 0.717) is 11.5 Å². The number of nitrogens with zero attached hydrogens (tertiary/aromatic N) is 1. The Balaban J connectivity index is 3.40. The van der Waals surface area contributed by atoms with Crippen molar-refractivity contribution in [3.05, 3.63) is 10.4 Å². The molecule has 0 fully saturated rings. The molecule has 20 heavy (non-hydrogen) atoms. The fourth-order valence-corrected chi connectivity index (χ4v) is 3.09. The largest absolute Gasteiger partial charge is 0.465 e. The molecule has 0 aromatic carbocycles. The van der Waals surface area contributed by atoms with E-state index >= 15 is 0 Å². The van der Waals surface area contributed by atoms with Gasteiger partial charge in [-0.1, -0.05) is 6.92 Å². The van der Waals surface area contributed by atoms with Gasteiger partial charge in [-0.05, 0) is 13.3 Å². The van der Waals surface area contributed by atoms with Crippen LogP contribution in [0.25, 0.3) is 0 Å². The summed E-state index contributed by atoms with van der Waals surface area (Å²) in [6.45, 7) is 5.49. The smallest absolute Gasteiger partial charge is 0.350 e. The van der Waals surface area contributed by atoms with E-state index in [-0.39, 0.29) is 16.1 Å². The molecule has 0 saturated heterocycles. The number of rotatable bonds is 6. The molecule has 0 amide bonds. The van der Waals surface area contributed by atoms with E-state index in [9.17, 15) is 9.59 Å². The van der Waals surface area contributed by atoms with Gasteiger partial charge in [-0.2, -0.15) is 0 Å². The van der Waals surface area contributed by atoms with Crippen LogP contribution >= 0.6 is 11.3 Å². The molecule has 0 unspecified atom stereocenters. The van der Waals surface area contributed by atoms with Crippen molar-refractivity contribution in [3.8, 4) is 0 Å². The second-order valence-electron chi connectivity index (χ2n) is 4.09. The second kappa shape index (κ2) is 7.14. The minimum absolute atomic E-state index is 0.123. The molecule has 112 valence electrons.